The number of aromatic nitrogens is 1. The smallest absolute Gasteiger partial charge is 0.339 e. The summed E-state index contributed by atoms with van der Waals surface area (Å²) in [5.74, 6) is 0.440. The normalized spacial score (nSPS) is 10.3. The molecule has 0 amide bonds. The molecule has 1 aromatic carbocycles. The molecular weight excluding hydrogens is 242 g/mol. The zero-order chi connectivity index (χ0) is 14.0. The molecule has 0 saturated heterocycles. The van der Waals surface area contributed by atoms with Crippen molar-refractivity contribution in [1.82, 2.24) is 4.57 Å². The number of rotatable bonds is 3. The molecule has 1 aromatic heterocycles. The van der Waals surface area contributed by atoms with E-state index in [1.807, 2.05) is 48.7 Å². The van der Waals surface area contributed by atoms with E-state index >= 15 is 0 Å². The molecular formula is C15H17NO3. The van der Waals surface area contributed by atoms with E-state index in [2.05, 4.69) is 0 Å². The molecule has 0 fully saturated rings. The van der Waals surface area contributed by atoms with Gasteiger partial charge in [-0.3, -0.25) is 0 Å². The largest absolute Gasteiger partial charge is 0.495 e. The number of ether oxygens (including phenoxy) is 2. The Morgan fingerprint density at radius 1 is 1.16 bits per heavy atom. The number of esters is 1. The average Bonchev–Trinajstić information content (AvgIpc) is 2.73. The zero-order valence-corrected chi connectivity index (χ0v) is 11.6. The van der Waals surface area contributed by atoms with Crippen molar-refractivity contribution < 1.29 is 14.3 Å². The number of carbonyl (C=O) groups excluding carboxylic acids is 1. The van der Waals surface area contributed by atoms with Crippen LogP contribution in [0.25, 0.3) is 5.69 Å². The quantitative estimate of drug-likeness (QED) is 0.796. The fraction of sp³-hybridized carbons (Fsp3) is 0.267. The molecule has 0 unspecified atom stereocenters. The third-order valence-corrected chi connectivity index (χ3v) is 3.16. The summed E-state index contributed by atoms with van der Waals surface area (Å²) in [6, 6.07) is 9.53. The molecule has 4 nitrogen and oxygen atoms in total. The van der Waals surface area contributed by atoms with Crippen LogP contribution in [0.3, 0.4) is 0 Å². The SMILES string of the molecule is COC(=O)c1cc(C)n(-c2ccccc2OC)c1C. The van der Waals surface area contributed by atoms with Gasteiger partial charge in [-0.05, 0) is 32.0 Å². The first-order chi connectivity index (χ1) is 9.10. The molecule has 0 aliphatic carbocycles. The van der Waals surface area contributed by atoms with Gasteiger partial charge in [0, 0.05) is 11.4 Å². The molecule has 0 bridgehead atoms. The number of benzene rings is 1. The predicted molar refractivity (Wildman–Crippen MR) is 73.1 cm³/mol. The second kappa shape index (κ2) is 5.18. The van der Waals surface area contributed by atoms with E-state index in [1.165, 1.54) is 7.11 Å². The van der Waals surface area contributed by atoms with E-state index in [1.54, 1.807) is 7.11 Å². The van der Waals surface area contributed by atoms with Gasteiger partial charge in [-0.25, -0.2) is 4.79 Å². The molecule has 4 heteroatoms. The zero-order valence-electron chi connectivity index (χ0n) is 11.6. The third kappa shape index (κ3) is 2.21. The number of nitrogens with zero attached hydrogens (tertiary/aromatic N) is 1. The summed E-state index contributed by atoms with van der Waals surface area (Å²) < 4.78 is 12.2. The molecule has 0 aliphatic rings. The van der Waals surface area contributed by atoms with Crippen LogP contribution in [0.1, 0.15) is 21.7 Å². The topological polar surface area (TPSA) is 40.5 Å². The van der Waals surface area contributed by atoms with Crippen molar-refractivity contribution in [3.63, 3.8) is 0 Å². The van der Waals surface area contributed by atoms with Gasteiger partial charge in [-0.15, -0.1) is 0 Å². The molecule has 2 aromatic rings. The summed E-state index contributed by atoms with van der Waals surface area (Å²) in [6.45, 7) is 3.84. The van der Waals surface area contributed by atoms with Crippen LogP contribution >= 0.6 is 0 Å². The van der Waals surface area contributed by atoms with Gasteiger partial charge in [0.25, 0.3) is 0 Å². The minimum absolute atomic E-state index is 0.325. The Labute approximate surface area is 112 Å². The number of methoxy groups -OCH3 is 2. The number of carbonyl (C=O) groups is 1. The van der Waals surface area contributed by atoms with Crippen LogP contribution in [0.2, 0.25) is 0 Å². The minimum atomic E-state index is -0.325. The second-order valence-electron chi connectivity index (χ2n) is 4.28. The number of hydrogen-bond donors (Lipinski definition) is 0. The summed E-state index contributed by atoms with van der Waals surface area (Å²) >= 11 is 0. The van der Waals surface area contributed by atoms with E-state index in [4.69, 9.17) is 9.47 Å². The third-order valence-electron chi connectivity index (χ3n) is 3.16. The molecule has 2 rings (SSSR count). The summed E-state index contributed by atoms with van der Waals surface area (Å²) in [5.41, 5.74) is 3.29. The van der Waals surface area contributed by atoms with Crippen molar-refractivity contribution >= 4 is 5.97 Å². The molecule has 0 spiro atoms. The number of aryl methyl sites for hydroxylation is 1. The van der Waals surface area contributed by atoms with Crippen molar-refractivity contribution in [3.05, 3.63) is 47.3 Å². The van der Waals surface area contributed by atoms with Crippen molar-refractivity contribution in [2.75, 3.05) is 14.2 Å². The van der Waals surface area contributed by atoms with E-state index in [0.717, 1.165) is 22.8 Å². The average molecular weight is 259 g/mol. The summed E-state index contributed by atoms with van der Waals surface area (Å²) in [6.07, 6.45) is 0. The summed E-state index contributed by atoms with van der Waals surface area (Å²) in [4.78, 5) is 11.7. The Hall–Kier alpha value is -2.23. The lowest BCUT2D eigenvalue weighted by Crippen LogP contribution is -2.05. The van der Waals surface area contributed by atoms with Crippen molar-refractivity contribution in [3.8, 4) is 11.4 Å². The first kappa shape index (κ1) is 13.2. The van der Waals surface area contributed by atoms with E-state index in [9.17, 15) is 4.79 Å². The highest BCUT2D eigenvalue weighted by Crippen LogP contribution is 2.28. The Morgan fingerprint density at radius 2 is 1.84 bits per heavy atom. The summed E-state index contributed by atoms with van der Waals surface area (Å²) in [7, 11) is 3.02. The van der Waals surface area contributed by atoms with Crippen molar-refractivity contribution in [2.24, 2.45) is 0 Å². The number of para-hydroxylation sites is 2. The van der Waals surface area contributed by atoms with Gasteiger partial charge in [0.1, 0.15) is 5.75 Å². The first-order valence-electron chi connectivity index (χ1n) is 6.00. The minimum Gasteiger partial charge on any atom is -0.495 e. The van der Waals surface area contributed by atoms with Crippen LogP contribution in [0.5, 0.6) is 5.75 Å². The van der Waals surface area contributed by atoms with Gasteiger partial charge in [0.05, 0.1) is 25.5 Å². The maximum absolute atomic E-state index is 11.7. The summed E-state index contributed by atoms with van der Waals surface area (Å²) in [5, 5.41) is 0. The van der Waals surface area contributed by atoms with Crippen LogP contribution in [-0.2, 0) is 4.74 Å². The Balaban J connectivity index is 2.63. The predicted octanol–water partition coefficient (Wildman–Crippen LogP) is 2.89. The highest BCUT2D eigenvalue weighted by atomic mass is 16.5. The second-order valence-corrected chi connectivity index (χ2v) is 4.28. The molecule has 0 saturated carbocycles. The van der Waals surface area contributed by atoms with Gasteiger partial charge in [0.15, 0.2) is 0 Å². The van der Waals surface area contributed by atoms with E-state index in [0.29, 0.717) is 5.56 Å². The van der Waals surface area contributed by atoms with Crippen molar-refractivity contribution in [2.45, 2.75) is 13.8 Å². The molecule has 100 valence electrons. The van der Waals surface area contributed by atoms with E-state index in [-0.39, 0.29) is 5.97 Å². The standard InChI is InChI=1S/C15H17NO3/c1-10-9-12(15(17)19-4)11(2)16(10)13-7-5-6-8-14(13)18-3/h5-9H,1-4H3. The monoisotopic (exact) mass is 259 g/mol. The maximum Gasteiger partial charge on any atom is 0.339 e. The first-order valence-corrected chi connectivity index (χ1v) is 6.00. The van der Waals surface area contributed by atoms with Gasteiger partial charge in [0.2, 0.25) is 0 Å². The highest BCUT2D eigenvalue weighted by Gasteiger charge is 2.18. The van der Waals surface area contributed by atoms with Crippen LogP contribution in [0.15, 0.2) is 30.3 Å². The molecule has 0 N–H and O–H groups in total. The Bertz CT molecular complexity index is 614. The molecule has 0 aliphatic heterocycles. The molecule has 0 radical (unpaired) electrons. The molecule has 0 atom stereocenters. The fourth-order valence-corrected chi connectivity index (χ4v) is 2.26. The molecule has 1 heterocycles. The van der Waals surface area contributed by atoms with Crippen LogP contribution in [0.4, 0.5) is 0 Å². The van der Waals surface area contributed by atoms with E-state index < -0.39 is 0 Å². The lowest BCUT2D eigenvalue weighted by Gasteiger charge is -2.13. The van der Waals surface area contributed by atoms with Gasteiger partial charge >= 0.3 is 5.97 Å². The maximum atomic E-state index is 11.7. The number of hydrogen-bond acceptors (Lipinski definition) is 3. The van der Waals surface area contributed by atoms with Crippen molar-refractivity contribution in [1.29, 1.82) is 0 Å². The lowest BCUT2D eigenvalue weighted by molar-refractivity contribution is 0.0600. The van der Waals surface area contributed by atoms with Crippen LogP contribution in [0, 0.1) is 13.8 Å². The van der Waals surface area contributed by atoms with Crippen LogP contribution < -0.4 is 4.74 Å². The van der Waals surface area contributed by atoms with Gasteiger partial charge < -0.3 is 14.0 Å². The Morgan fingerprint density at radius 3 is 2.47 bits per heavy atom. The van der Waals surface area contributed by atoms with Gasteiger partial charge in [-0.1, -0.05) is 12.1 Å². The lowest BCUT2D eigenvalue weighted by atomic mass is 10.2. The highest BCUT2D eigenvalue weighted by molar-refractivity contribution is 5.91. The molecule has 19 heavy (non-hydrogen) atoms. The Kier molecular flexibility index (Phi) is 3.60. The van der Waals surface area contributed by atoms with Crippen LogP contribution in [-0.4, -0.2) is 24.8 Å². The van der Waals surface area contributed by atoms with Gasteiger partial charge in [-0.2, -0.15) is 0 Å². The fourth-order valence-electron chi connectivity index (χ4n) is 2.26.